The summed E-state index contributed by atoms with van der Waals surface area (Å²) in [5.41, 5.74) is 2.51. The number of nitriles is 1. The first-order valence-corrected chi connectivity index (χ1v) is 8.00. The minimum absolute atomic E-state index is 0. The van der Waals surface area contributed by atoms with Crippen molar-refractivity contribution in [3.63, 3.8) is 0 Å². The van der Waals surface area contributed by atoms with Crippen LogP contribution >= 0.6 is 24.0 Å². The Labute approximate surface area is 155 Å². The summed E-state index contributed by atoms with van der Waals surface area (Å²) in [6, 6.07) is 6.07. The monoisotopic (exact) mass is 375 g/mol. The number of aromatic nitrogens is 4. The van der Waals surface area contributed by atoms with Crippen molar-refractivity contribution in [2.24, 2.45) is 0 Å². The molecule has 25 heavy (non-hydrogen) atoms. The van der Waals surface area contributed by atoms with Gasteiger partial charge in [-0.1, -0.05) is 11.6 Å². The molecule has 1 aliphatic rings. The Hall–Kier alpha value is -2.40. The van der Waals surface area contributed by atoms with E-state index in [9.17, 15) is 5.26 Å². The smallest absolute Gasteiger partial charge is 0.148 e. The van der Waals surface area contributed by atoms with Crippen LogP contribution in [0.5, 0.6) is 0 Å². The molecule has 0 aromatic carbocycles. The lowest BCUT2D eigenvalue weighted by molar-refractivity contribution is 0.585. The molecule has 1 N–H and O–H groups in total. The van der Waals surface area contributed by atoms with E-state index in [1.807, 2.05) is 12.1 Å². The summed E-state index contributed by atoms with van der Waals surface area (Å²) in [5, 5.41) is 17.1. The molecular formula is C16H15Cl2N7. The van der Waals surface area contributed by atoms with Crippen molar-refractivity contribution in [2.45, 2.75) is 0 Å². The summed E-state index contributed by atoms with van der Waals surface area (Å²) >= 11 is 6.09. The molecule has 0 unspecified atom stereocenters. The predicted octanol–water partition coefficient (Wildman–Crippen LogP) is 2.15. The molecule has 1 fully saturated rings. The third-order valence-electron chi connectivity index (χ3n) is 4.05. The van der Waals surface area contributed by atoms with E-state index in [0.29, 0.717) is 21.9 Å². The highest BCUT2D eigenvalue weighted by Gasteiger charge is 2.16. The molecule has 9 heteroatoms. The van der Waals surface area contributed by atoms with Gasteiger partial charge in [0.1, 0.15) is 33.8 Å². The fourth-order valence-electron chi connectivity index (χ4n) is 2.88. The first-order valence-electron chi connectivity index (χ1n) is 7.62. The van der Waals surface area contributed by atoms with Crippen LogP contribution in [0, 0.1) is 11.3 Å². The van der Waals surface area contributed by atoms with E-state index in [1.54, 1.807) is 16.9 Å². The van der Waals surface area contributed by atoms with Crippen molar-refractivity contribution in [1.82, 2.24) is 24.9 Å². The Balaban J connectivity index is 0.00000182. The summed E-state index contributed by atoms with van der Waals surface area (Å²) in [4.78, 5) is 11.2. The van der Waals surface area contributed by atoms with Gasteiger partial charge in [-0.25, -0.2) is 14.5 Å². The molecule has 0 atom stereocenters. The number of rotatable bonds is 2. The molecule has 3 aromatic rings. The largest absolute Gasteiger partial charge is 0.354 e. The lowest BCUT2D eigenvalue weighted by Crippen LogP contribution is -2.43. The number of hydrogen-bond acceptors (Lipinski definition) is 6. The third kappa shape index (κ3) is 3.24. The number of piperazine rings is 1. The first-order chi connectivity index (χ1) is 11.8. The zero-order chi connectivity index (χ0) is 16.5. The minimum atomic E-state index is 0. The standard InChI is InChI=1S/C16H14ClN7.ClH/c17-13-10-24-16(12(7-18)9-21-24)15(22-13)11-1-2-14(20-8-11)23-5-3-19-4-6-23;/h1-2,8-10,19H,3-6H2;1H. The van der Waals surface area contributed by atoms with Crippen LogP contribution in [0.1, 0.15) is 5.56 Å². The highest BCUT2D eigenvalue weighted by atomic mass is 35.5. The Morgan fingerprint density at radius 2 is 2.00 bits per heavy atom. The number of nitrogens with one attached hydrogen (secondary N) is 1. The molecule has 0 bridgehead atoms. The molecule has 1 aliphatic heterocycles. The minimum Gasteiger partial charge on any atom is -0.354 e. The van der Waals surface area contributed by atoms with Crippen LogP contribution < -0.4 is 10.2 Å². The molecule has 4 rings (SSSR count). The number of fused-ring (bicyclic) bond motifs is 1. The van der Waals surface area contributed by atoms with Gasteiger partial charge >= 0.3 is 0 Å². The molecular weight excluding hydrogens is 361 g/mol. The average Bonchev–Trinajstić information content (AvgIpc) is 3.05. The van der Waals surface area contributed by atoms with E-state index in [4.69, 9.17) is 11.6 Å². The predicted molar refractivity (Wildman–Crippen MR) is 98.3 cm³/mol. The van der Waals surface area contributed by atoms with Crippen molar-refractivity contribution in [1.29, 1.82) is 5.26 Å². The van der Waals surface area contributed by atoms with Gasteiger partial charge in [0.15, 0.2) is 0 Å². The zero-order valence-electron chi connectivity index (χ0n) is 13.2. The second-order valence-corrected chi connectivity index (χ2v) is 5.90. The van der Waals surface area contributed by atoms with Crippen LogP contribution in [-0.4, -0.2) is 45.8 Å². The highest BCUT2D eigenvalue weighted by Crippen LogP contribution is 2.27. The second kappa shape index (κ2) is 7.23. The van der Waals surface area contributed by atoms with Crippen molar-refractivity contribution < 1.29 is 0 Å². The zero-order valence-corrected chi connectivity index (χ0v) is 14.8. The molecule has 0 amide bonds. The Kier molecular flexibility index (Phi) is 5.04. The average molecular weight is 376 g/mol. The summed E-state index contributed by atoms with van der Waals surface area (Å²) < 4.78 is 1.58. The van der Waals surface area contributed by atoms with Crippen molar-refractivity contribution in [3.8, 4) is 17.3 Å². The van der Waals surface area contributed by atoms with Crippen molar-refractivity contribution in [3.05, 3.63) is 41.4 Å². The maximum atomic E-state index is 9.29. The molecule has 128 valence electrons. The van der Waals surface area contributed by atoms with Gasteiger partial charge in [0.05, 0.1) is 12.4 Å². The van der Waals surface area contributed by atoms with E-state index in [-0.39, 0.29) is 12.4 Å². The van der Waals surface area contributed by atoms with E-state index < -0.39 is 0 Å². The number of anilines is 1. The van der Waals surface area contributed by atoms with Gasteiger partial charge in [0.2, 0.25) is 0 Å². The second-order valence-electron chi connectivity index (χ2n) is 5.52. The maximum absolute atomic E-state index is 9.29. The van der Waals surface area contributed by atoms with E-state index >= 15 is 0 Å². The van der Waals surface area contributed by atoms with Gasteiger partial charge in [0.25, 0.3) is 0 Å². The molecule has 0 saturated carbocycles. The van der Waals surface area contributed by atoms with Crippen LogP contribution in [0.25, 0.3) is 16.8 Å². The van der Waals surface area contributed by atoms with E-state index in [0.717, 1.165) is 37.6 Å². The lowest BCUT2D eigenvalue weighted by atomic mass is 10.1. The van der Waals surface area contributed by atoms with Gasteiger partial charge in [-0.05, 0) is 12.1 Å². The van der Waals surface area contributed by atoms with Gasteiger partial charge in [-0.15, -0.1) is 12.4 Å². The molecule has 3 aromatic heterocycles. The molecule has 1 saturated heterocycles. The molecule has 4 heterocycles. The fourth-order valence-corrected chi connectivity index (χ4v) is 3.05. The summed E-state index contributed by atoms with van der Waals surface area (Å²) in [7, 11) is 0. The normalized spacial score (nSPS) is 14.2. The van der Waals surface area contributed by atoms with Crippen LogP contribution in [0.15, 0.2) is 30.7 Å². The molecule has 0 radical (unpaired) electrons. The van der Waals surface area contributed by atoms with E-state index in [2.05, 4.69) is 31.4 Å². The van der Waals surface area contributed by atoms with Gasteiger partial charge < -0.3 is 10.2 Å². The number of hydrogen-bond donors (Lipinski definition) is 1. The molecule has 0 spiro atoms. The quantitative estimate of drug-likeness (QED) is 0.738. The Bertz CT molecular complexity index is 924. The summed E-state index contributed by atoms with van der Waals surface area (Å²) in [6.45, 7) is 3.79. The van der Waals surface area contributed by atoms with Crippen LogP contribution in [0.3, 0.4) is 0 Å². The van der Waals surface area contributed by atoms with Gasteiger partial charge in [0, 0.05) is 37.9 Å². The third-order valence-corrected chi connectivity index (χ3v) is 4.23. The highest BCUT2D eigenvalue weighted by molar-refractivity contribution is 6.29. The number of pyridine rings is 1. The number of nitrogens with zero attached hydrogens (tertiary/aromatic N) is 6. The van der Waals surface area contributed by atoms with Crippen LogP contribution in [0.4, 0.5) is 5.82 Å². The van der Waals surface area contributed by atoms with Crippen molar-refractivity contribution in [2.75, 3.05) is 31.1 Å². The molecule has 0 aliphatic carbocycles. The molecule has 7 nitrogen and oxygen atoms in total. The Morgan fingerprint density at radius 1 is 1.20 bits per heavy atom. The Morgan fingerprint density at radius 3 is 2.68 bits per heavy atom. The van der Waals surface area contributed by atoms with Gasteiger partial charge in [-0.2, -0.15) is 10.4 Å². The SMILES string of the molecule is Cl.N#Cc1cnn2cc(Cl)nc(-c3ccc(N4CCNCC4)nc3)c12. The van der Waals surface area contributed by atoms with Crippen LogP contribution in [0.2, 0.25) is 5.15 Å². The summed E-state index contributed by atoms with van der Waals surface area (Å²) in [5.74, 6) is 0.937. The number of halogens is 2. The van der Waals surface area contributed by atoms with Crippen LogP contribution in [-0.2, 0) is 0 Å². The first kappa shape index (κ1) is 17.4. The van der Waals surface area contributed by atoms with Gasteiger partial charge in [-0.3, -0.25) is 0 Å². The summed E-state index contributed by atoms with van der Waals surface area (Å²) in [6.07, 6.45) is 4.87. The van der Waals surface area contributed by atoms with E-state index in [1.165, 1.54) is 6.20 Å². The maximum Gasteiger partial charge on any atom is 0.148 e. The van der Waals surface area contributed by atoms with Crippen molar-refractivity contribution >= 4 is 35.3 Å². The fraction of sp³-hybridized carbons (Fsp3) is 0.250. The topological polar surface area (TPSA) is 82.1 Å². The lowest BCUT2D eigenvalue weighted by Gasteiger charge is -2.28.